The molecule has 1 saturated heterocycles. The monoisotopic (exact) mass is 313 g/mol. The van der Waals surface area contributed by atoms with Crippen LogP contribution in [0.1, 0.15) is 36.0 Å². The van der Waals surface area contributed by atoms with E-state index in [1.54, 1.807) is 18.3 Å². The highest BCUT2D eigenvalue weighted by Gasteiger charge is 2.37. The number of amides is 1. The van der Waals surface area contributed by atoms with Gasteiger partial charge in [0.2, 0.25) is 0 Å². The molecule has 3 heterocycles. The second kappa shape index (κ2) is 5.77. The summed E-state index contributed by atoms with van der Waals surface area (Å²) >= 11 is 0. The molecule has 1 aliphatic carbocycles. The van der Waals surface area contributed by atoms with Crippen LogP contribution in [0.25, 0.3) is 5.65 Å². The molecule has 2 aliphatic rings. The Balaban J connectivity index is 1.71. The second-order valence-electron chi connectivity index (χ2n) is 6.17. The number of ether oxygens (including phenoxy) is 1. The number of hydrogen-bond donors (Lipinski definition) is 0. The van der Waals surface area contributed by atoms with Crippen molar-refractivity contribution >= 4 is 11.6 Å². The van der Waals surface area contributed by atoms with Crippen molar-refractivity contribution < 1.29 is 9.53 Å². The minimum absolute atomic E-state index is 0.0841. The largest absolute Gasteiger partial charge is 0.374 e. The van der Waals surface area contributed by atoms with Crippen molar-refractivity contribution in [1.29, 1.82) is 0 Å². The zero-order chi connectivity index (χ0) is 15.8. The molecule has 2 atom stereocenters. The number of fused-ring (bicyclic) bond motifs is 2. The van der Waals surface area contributed by atoms with E-state index in [0.717, 1.165) is 25.7 Å². The minimum atomic E-state index is -0.306. The molecular weight excluding hydrogens is 294 g/mol. The topological polar surface area (TPSA) is 63.9 Å². The highest BCUT2D eigenvalue weighted by atomic mass is 16.5. The average Bonchev–Trinajstić information content (AvgIpc) is 2.61. The van der Waals surface area contributed by atoms with E-state index in [1.165, 1.54) is 10.6 Å². The first-order valence-corrected chi connectivity index (χ1v) is 8.15. The standard InChI is InChI=1S/C17H19N3O3/c21-16(19-9-10-23-14-6-2-1-5-13(14)19)12-11-18-15-7-3-4-8-20(15)17(12)22/h3-4,7-8,11,13-14H,1-2,5-6,9-10H2. The van der Waals surface area contributed by atoms with E-state index >= 15 is 0 Å². The van der Waals surface area contributed by atoms with Gasteiger partial charge in [0.25, 0.3) is 11.5 Å². The van der Waals surface area contributed by atoms with Crippen LogP contribution in [0.15, 0.2) is 35.4 Å². The Hall–Kier alpha value is -2.21. The summed E-state index contributed by atoms with van der Waals surface area (Å²) < 4.78 is 7.23. The first-order chi connectivity index (χ1) is 11.3. The second-order valence-corrected chi connectivity index (χ2v) is 6.17. The third-order valence-electron chi connectivity index (χ3n) is 4.84. The number of pyridine rings is 1. The van der Waals surface area contributed by atoms with Crippen LogP contribution in [0.5, 0.6) is 0 Å². The molecule has 2 unspecified atom stereocenters. The van der Waals surface area contributed by atoms with E-state index in [2.05, 4.69) is 4.98 Å². The molecule has 4 rings (SSSR count). The van der Waals surface area contributed by atoms with Gasteiger partial charge in [-0.3, -0.25) is 14.0 Å². The number of rotatable bonds is 1. The van der Waals surface area contributed by atoms with Gasteiger partial charge in [-0.05, 0) is 25.0 Å². The van der Waals surface area contributed by atoms with Gasteiger partial charge >= 0.3 is 0 Å². The molecule has 6 heteroatoms. The Morgan fingerprint density at radius 3 is 3.04 bits per heavy atom. The Bertz CT molecular complexity index is 799. The highest BCUT2D eigenvalue weighted by molar-refractivity contribution is 5.94. The van der Waals surface area contributed by atoms with Gasteiger partial charge in [-0.1, -0.05) is 18.9 Å². The van der Waals surface area contributed by atoms with Gasteiger partial charge in [0.1, 0.15) is 11.2 Å². The fraction of sp³-hybridized carbons (Fsp3) is 0.471. The van der Waals surface area contributed by atoms with Crippen molar-refractivity contribution in [2.45, 2.75) is 37.8 Å². The van der Waals surface area contributed by atoms with Crippen molar-refractivity contribution in [2.24, 2.45) is 0 Å². The van der Waals surface area contributed by atoms with Crippen LogP contribution in [0.4, 0.5) is 0 Å². The quantitative estimate of drug-likeness (QED) is 0.800. The Kier molecular flexibility index (Phi) is 3.61. The Morgan fingerprint density at radius 2 is 2.13 bits per heavy atom. The number of aromatic nitrogens is 2. The summed E-state index contributed by atoms with van der Waals surface area (Å²) in [6, 6.07) is 5.41. The first kappa shape index (κ1) is 14.4. The molecule has 2 aromatic heterocycles. The van der Waals surface area contributed by atoms with Crippen molar-refractivity contribution in [1.82, 2.24) is 14.3 Å². The first-order valence-electron chi connectivity index (χ1n) is 8.15. The molecule has 0 N–H and O–H groups in total. The molecule has 1 aliphatic heterocycles. The number of hydrogen-bond acceptors (Lipinski definition) is 4. The smallest absolute Gasteiger partial charge is 0.270 e. The molecule has 0 spiro atoms. The van der Waals surface area contributed by atoms with Crippen LogP contribution < -0.4 is 5.56 Å². The van der Waals surface area contributed by atoms with Crippen molar-refractivity contribution in [2.75, 3.05) is 13.2 Å². The predicted molar refractivity (Wildman–Crippen MR) is 84.5 cm³/mol. The van der Waals surface area contributed by atoms with E-state index in [4.69, 9.17) is 4.74 Å². The molecule has 1 saturated carbocycles. The van der Waals surface area contributed by atoms with E-state index < -0.39 is 0 Å². The molecule has 0 aromatic carbocycles. The summed E-state index contributed by atoms with van der Waals surface area (Å²) in [6.45, 7) is 1.08. The number of carbonyl (C=O) groups excluding carboxylic acids is 1. The van der Waals surface area contributed by atoms with Gasteiger partial charge in [0.05, 0.1) is 18.8 Å². The summed E-state index contributed by atoms with van der Waals surface area (Å²) in [6.07, 6.45) is 7.34. The lowest BCUT2D eigenvalue weighted by Gasteiger charge is -2.43. The van der Waals surface area contributed by atoms with E-state index in [0.29, 0.717) is 18.8 Å². The third kappa shape index (κ3) is 2.43. The van der Waals surface area contributed by atoms with E-state index in [-0.39, 0.29) is 29.2 Å². The Labute approximate surface area is 133 Å². The summed E-state index contributed by atoms with van der Waals surface area (Å²) in [7, 11) is 0. The van der Waals surface area contributed by atoms with Crippen LogP contribution >= 0.6 is 0 Å². The molecule has 120 valence electrons. The number of carbonyl (C=O) groups is 1. The zero-order valence-corrected chi connectivity index (χ0v) is 12.9. The molecule has 2 aromatic rings. The number of nitrogens with zero attached hydrogens (tertiary/aromatic N) is 3. The maximum atomic E-state index is 12.9. The predicted octanol–water partition coefficient (Wildman–Crippen LogP) is 1.48. The zero-order valence-electron chi connectivity index (χ0n) is 12.9. The summed E-state index contributed by atoms with van der Waals surface area (Å²) in [5.74, 6) is -0.221. The molecular formula is C17H19N3O3. The summed E-state index contributed by atoms with van der Waals surface area (Å²) in [4.78, 5) is 31.6. The van der Waals surface area contributed by atoms with Crippen molar-refractivity contribution in [3.05, 3.63) is 46.5 Å². The van der Waals surface area contributed by atoms with Crippen molar-refractivity contribution in [3.8, 4) is 0 Å². The highest BCUT2D eigenvalue weighted by Crippen LogP contribution is 2.29. The average molecular weight is 313 g/mol. The van der Waals surface area contributed by atoms with Gasteiger partial charge in [0.15, 0.2) is 0 Å². The molecule has 23 heavy (non-hydrogen) atoms. The third-order valence-corrected chi connectivity index (χ3v) is 4.84. The van der Waals surface area contributed by atoms with Gasteiger partial charge < -0.3 is 9.64 Å². The number of morpholine rings is 1. The summed E-state index contributed by atoms with van der Waals surface area (Å²) in [5, 5.41) is 0. The van der Waals surface area contributed by atoms with Gasteiger partial charge in [0, 0.05) is 18.9 Å². The van der Waals surface area contributed by atoms with E-state index in [1.807, 2.05) is 11.0 Å². The fourth-order valence-electron chi connectivity index (χ4n) is 3.68. The molecule has 0 bridgehead atoms. The lowest BCUT2D eigenvalue weighted by atomic mass is 9.90. The Morgan fingerprint density at radius 1 is 1.26 bits per heavy atom. The van der Waals surface area contributed by atoms with Crippen LogP contribution in [0.2, 0.25) is 0 Å². The lowest BCUT2D eigenvalue weighted by molar-refractivity contribution is -0.0753. The van der Waals surface area contributed by atoms with Crippen LogP contribution in [-0.4, -0.2) is 45.5 Å². The normalized spacial score (nSPS) is 24.4. The van der Waals surface area contributed by atoms with Gasteiger partial charge in [-0.15, -0.1) is 0 Å². The maximum absolute atomic E-state index is 12.9. The van der Waals surface area contributed by atoms with Crippen LogP contribution in [0.3, 0.4) is 0 Å². The minimum Gasteiger partial charge on any atom is -0.374 e. The molecule has 6 nitrogen and oxygen atoms in total. The van der Waals surface area contributed by atoms with Crippen molar-refractivity contribution in [3.63, 3.8) is 0 Å². The molecule has 2 fully saturated rings. The van der Waals surface area contributed by atoms with Crippen LogP contribution in [0, 0.1) is 0 Å². The van der Waals surface area contributed by atoms with Crippen LogP contribution in [-0.2, 0) is 4.74 Å². The SMILES string of the molecule is O=C(c1cnc2ccccn2c1=O)N1CCOC2CCCCC21. The molecule has 1 amide bonds. The summed E-state index contributed by atoms with van der Waals surface area (Å²) in [5.41, 5.74) is 0.381. The maximum Gasteiger partial charge on any atom is 0.270 e. The lowest BCUT2D eigenvalue weighted by Crippen LogP contribution is -2.55. The van der Waals surface area contributed by atoms with Gasteiger partial charge in [-0.2, -0.15) is 0 Å². The van der Waals surface area contributed by atoms with Gasteiger partial charge in [-0.25, -0.2) is 4.98 Å². The van der Waals surface area contributed by atoms with E-state index in [9.17, 15) is 9.59 Å². The fourth-order valence-corrected chi connectivity index (χ4v) is 3.68. The molecule has 0 radical (unpaired) electrons.